The van der Waals surface area contributed by atoms with Gasteiger partial charge in [-0.3, -0.25) is 4.79 Å². The van der Waals surface area contributed by atoms with E-state index in [4.69, 9.17) is 0 Å². The van der Waals surface area contributed by atoms with Crippen LogP contribution in [0.2, 0.25) is 0 Å². The zero-order valence-electron chi connectivity index (χ0n) is 17.1. The molecular formula is C24H21BrN2O3S. The van der Waals surface area contributed by atoms with E-state index in [0.29, 0.717) is 16.6 Å². The topological polar surface area (TPSA) is 68.2 Å². The lowest BCUT2D eigenvalue weighted by atomic mass is 10.2. The van der Waals surface area contributed by atoms with Crippen LogP contribution < -0.4 is 5.32 Å². The second-order valence-corrected chi connectivity index (χ2v) is 10.2. The van der Waals surface area contributed by atoms with E-state index in [1.165, 1.54) is 0 Å². The van der Waals surface area contributed by atoms with Crippen LogP contribution in [0.15, 0.2) is 87.2 Å². The molecule has 158 valence electrons. The Morgan fingerprint density at radius 1 is 1.00 bits per heavy atom. The zero-order chi connectivity index (χ0) is 22.2. The number of carbonyl (C=O) groups is 1. The molecule has 0 fully saturated rings. The number of para-hydroxylation sites is 1. The number of hydrogen-bond acceptors (Lipinski definition) is 3. The maximum Gasteiger partial charge on any atom is 0.244 e. The fourth-order valence-corrected chi connectivity index (χ4v) is 5.20. The van der Waals surface area contributed by atoms with Crippen LogP contribution in [0.1, 0.15) is 11.1 Å². The van der Waals surface area contributed by atoms with Crippen LogP contribution in [-0.2, 0) is 21.2 Å². The van der Waals surface area contributed by atoms with E-state index in [0.717, 1.165) is 15.6 Å². The van der Waals surface area contributed by atoms with Gasteiger partial charge in [0.2, 0.25) is 15.7 Å². The number of benzene rings is 3. The molecule has 0 spiro atoms. The van der Waals surface area contributed by atoms with Crippen molar-refractivity contribution in [3.8, 4) is 0 Å². The average Bonchev–Trinajstić information content (AvgIpc) is 3.10. The van der Waals surface area contributed by atoms with Gasteiger partial charge in [-0.2, -0.15) is 0 Å². The first-order valence-electron chi connectivity index (χ1n) is 9.71. The normalized spacial score (nSPS) is 11.6. The predicted octanol–water partition coefficient (Wildman–Crippen LogP) is 5.49. The Kier molecular flexibility index (Phi) is 5.73. The first-order chi connectivity index (χ1) is 14.8. The van der Waals surface area contributed by atoms with Gasteiger partial charge < -0.3 is 9.88 Å². The van der Waals surface area contributed by atoms with E-state index in [1.54, 1.807) is 47.2 Å². The van der Waals surface area contributed by atoms with Crippen LogP contribution in [0.5, 0.6) is 0 Å². The molecule has 1 N–H and O–H groups in total. The maximum absolute atomic E-state index is 13.3. The molecule has 1 amide bonds. The van der Waals surface area contributed by atoms with Crippen LogP contribution in [0.4, 0.5) is 5.69 Å². The van der Waals surface area contributed by atoms with E-state index in [1.807, 2.05) is 44.2 Å². The number of amides is 1. The number of aromatic nitrogens is 1. The molecule has 3 aromatic carbocycles. The second-order valence-electron chi connectivity index (χ2n) is 7.47. The number of anilines is 1. The molecular weight excluding hydrogens is 476 g/mol. The molecule has 4 aromatic rings. The fourth-order valence-electron chi connectivity index (χ4n) is 3.48. The highest BCUT2D eigenvalue weighted by atomic mass is 79.9. The van der Waals surface area contributed by atoms with E-state index in [2.05, 4.69) is 21.2 Å². The van der Waals surface area contributed by atoms with Crippen LogP contribution in [0, 0.1) is 13.8 Å². The van der Waals surface area contributed by atoms with Crippen molar-refractivity contribution in [1.82, 2.24) is 4.57 Å². The summed E-state index contributed by atoms with van der Waals surface area (Å²) in [7, 11) is -3.72. The quantitative estimate of drug-likeness (QED) is 0.397. The Labute approximate surface area is 189 Å². The molecule has 0 radical (unpaired) electrons. The van der Waals surface area contributed by atoms with Gasteiger partial charge in [0.25, 0.3) is 0 Å². The van der Waals surface area contributed by atoms with Crippen LogP contribution in [-0.4, -0.2) is 18.9 Å². The third-order valence-corrected chi connectivity index (χ3v) is 7.82. The molecule has 0 atom stereocenters. The lowest BCUT2D eigenvalue weighted by molar-refractivity contribution is -0.116. The summed E-state index contributed by atoms with van der Waals surface area (Å²) in [6, 6.07) is 19.6. The van der Waals surface area contributed by atoms with Crippen molar-refractivity contribution in [1.29, 1.82) is 0 Å². The van der Waals surface area contributed by atoms with E-state index < -0.39 is 9.84 Å². The third-order valence-electron chi connectivity index (χ3n) is 5.13. The summed E-state index contributed by atoms with van der Waals surface area (Å²) in [6.07, 6.45) is 1.55. The van der Waals surface area contributed by atoms with Gasteiger partial charge in [0.15, 0.2) is 0 Å². The monoisotopic (exact) mass is 496 g/mol. The van der Waals surface area contributed by atoms with Crippen LogP contribution >= 0.6 is 15.9 Å². The van der Waals surface area contributed by atoms with Gasteiger partial charge in [-0.25, -0.2) is 8.42 Å². The van der Waals surface area contributed by atoms with Gasteiger partial charge in [-0.15, -0.1) is 0 Å². The van der Waals surface area contributed by atoms with E-state index in [9.17, 15) is 13.2 Å². The smallest absolute Gasteiger partial charge is 0.244 e. The van der Waals surface area contributed by atoms with Crippen molar-refractivity contribution in [3.63, 3.8) is 0 Å². The molecule has 31 heavy (non-hydrogen) atoms. The summed E-state index contributed by atoms with van der Waals surface area (Å²) in [5.41, 5.74) is 3.38. The van der Waals surface area contributed by atoms with Crippen molar-refractivity contribution in [2.24, 2.45) is 0 Å². The summed E-state index contributed by atoms with van der Waals surface area (Å²) in [6.45, 7) is 3.86. The largest absolute Gasteiger partial charge is 0.337 e. The minimum Gasteiger partial charge on any atom is -0.337 e. The highest BCUT2D eigenvalue weighted by Crippen LogP contribution is 2.30. The van der Waals surface area contributed by atoms with Crippen LogP contribution in [0.25, 0.3) is 10.9 Å². The molecule has 1 heterocycles. The highest BCUT2D eigenvalue weighted by molar-refractivity contribution is 9.10. The molecule has 0 aliphatic heterocycles. The third kappa shape index (κ3) is 4.29. The van der Waals surface area contributed by atoms with Gasteiger partial charge >= 0.3 is 0 Å². The van der Waals surface area contributed by atoms with Crippen LogP contribution in [0.3, 0.4) is 0 Å². The number of aryl methyl sites for hydroxylation is 2. The Morgan fingerprint density at radius 3 is 2.42 bits per heavy atom. The Hall–Kier alpha value is -2.90. The molecule has 0 unspecified atom stereocenters. The standard InChI is InChI=1S/C24H21BrN2O3S/c1-16-7-10-19(11-8-16)31(29,30)23-14-27(22-6-4-3-5-20(22)23)15-24(28)26-18-9-12-21(25)17(2)13-18/h3-14H,15H2,1-2H3,(H,26,28). The van der Waals surface area contributed by atoms with Crippen molar-refractivity contribution in [3.05, 3.63) is 88.5 Å². The summed E-state index contributed by atoms with van der Waals surface area (Å²) >= 11 is 3.45. The second kappa shape index (κ2) is 8.32. The van der Waals surface area contributed by atoms with Crippen molar-refractivity contribution in [2.45, 2.75) is 30.2 Å². The summed E-state index contributed by atoms with van der Waals surface area (Å²) in [5.74, 6) is -0.234. The van der Waals surface area contributed by atoms with Gasteiger partial charge in [0.1, 0.15) is 6.54 Å². The molecule has 0 aliphatic carbocycles. The maximum atomic E-state index is 13.3. The van der Waals surface area contributed by atoms with E-state index >= 15 is 0 Å². The predicted molar refractivity (Wildman–Crippen MR) is 126 cm³/mol. The number of hydrogen-bond donors (Lipinski definition) is 1. The number of carbonyl (C=O) groups excluding carboxylic acids is 1. The molecule has 4 rings (SSSR count). The average molecular weight is 497 g/mol. The molecule has 0 aliphatic rings. The van der Waals surface area contributed by atoms with Gasteiger partial charge in [0.05, 0.1) is 9.79 Å². The lowest BCUT2D eigenvalue weighted by Crippen LogP contribution is -2.18. The van der Waals surface area contributed by atoms with Gasteiger partial charge in [0, 0.05) is 27.3 Å². The molecule has 0 saturated carbocycles. The molecule has 7 heteroatoms. The Bertz CT molecular complexity index is 1390. The zero-order valence-corrected chi connectivity index (χ0v) is 19.5. The van der Waals surface area contributed by atoms with E-state index in [-0.39, 0.29) is 22.2 Å². The minimum absolute atomic E-state index is 0.000950. The molecule has 0 bridgehead atoms. The SMILES string of the molecule is Cc1ccc(S(=O)(=O)c2cn(CC(=O)Nc3ccc(Br)c(C)c3)c3ccccc23)cc1. The summed E-state index contributed by atoms with van der Waals surface area (Å²) < 4.78 is 29.2. The Balaban J connectivity index is 1.69. The van der Waals surface area contributed by atoms with Crippen molar-refractivity contribution in [2.75, 3.05) is 5.32 Å². The molecule has 5 nitrogen and oxygen atoms in total. The first-order valence-corrected chi connectivity index (χ1v) is 12.0. The minimum atomic E-state index is -3.72. The summed E-state index contributed by atoms with van der Waals surface area (Å²) in [4.78, 5) is 13.1. The fraction of sp³-hybridized carbons (Fsp3) is 0.125. The summed E-state index contributed by atoms with van der Waals surface area (Å²) in [5, 5.41) is 3.47. The number of rotatable bonds is 5. The lowest BCUT2D eigenvalue weighted by Gasteiger charge is -2.09. The van der Waals surface area contributed by atoms with Crippen molar-refractivity contribution < 1.29 is 13.2 Å². The van der Waals surface area contributed by atoms with Gasteiger partial charge in [-0.1, -0.05) is 51.8 Å². The number of nitrogens with zero attached hydrogens (tertiary/aromatic N) is 1. The number of sulfone groups is 1. The van der Waals surface area contributed by atoms with Crippen molar-refractivity contribution >= 4 is 48.3 Å². The Morgan fingerprint density at radius 2 is 1.71 bits per heavy atom. The molecule has 1 aromatic heterocycles. The first kappa shape index (κ1) is 21.3. The molecule has 0 saturated heterocycles. The highest BCUT2D eigenvalue weighted by Gasteiger charge is 2.23. The number of fused-ring (bicyclic) bond motifs is 1. The number of halogens is 1. The number of nitrogens with one attached hydrogen (secondary N) is 1. The van der Waals surface area contributed by atoms with Gasteiger partial charge in [-0.05, 0) is 55.8 Å².